The van der Waals surface area contributed by atoms with Crippen LogP contribution in [0.15, 0.2) is 36.7 Å². The van der Waals surface area contributed by atoms with E-state index in [9.17, 15) is 10.1 Å². The highest BCUT2D eigenvalue weighted by atomic mass is 16.6. The molecule has 0 saturated carbocycles. The highest BCUT2D eigenvalue weighted by Gasteiger charge is 2.22. The van der Waals surface area contributed by atoms with Gasteiger partial charge in [0.1, 0.15) is 17.8 Å². The number of anilines is 2. The minimum Gasteiger partial charge on any atom is -0.377 e. The first-order valence-electron chi connectivity index (χ1n) is 8.23. The van der Waals surface area contributed by atoms with Gasteiger partial charge in [-0.2, -0.15) is 0 Å². The normalized spacial score (nSPS) is 15.3. The molecule has 7 nitrogen and oxygen atoms in total. The number of hydrogen-bond acceptors (Lipinski definition) is 6. The third-order valence-corrected chi connectivity index (χ3v) is 4.35. The first-order chi connectivity index (χ1) is 11.7. The largest absolute Gasteiger partial charge is 0.377 e. The summed E-state index contributed by atoms with van der Waals surface area (Å²) >= 11 is 0. The van der Waals surface area contributed by atoms with E-state index in [4.69, 9.17) is 0 Å². The topological polar surface area (TPSA) is 84.2 Å². The Labute approximate surface area is 140 Å². The summed E-state index contributed by atoms with van der Waals surface area (Å²) in [4.78, 5) is 21.6. The standard InChI is InChI=1S/C17H21N5O2/c1-2-13-11-17(19-12-18-13)21-9-7-14(8-10-21)20-15-5-3-4-6-16(15)22(23)24/h3-6,11-12,14,20H,2,7-10H2,1H3. The fraction of sp³-hybridized carbons (Fsp3) is 0.412. The Balaban J connectivity index is 1.62. The van der Waals surface area contributed by atoms with E-state index in [0.717, 1.165) is 43.9 Å². The number of aromatic nitrogens is 2. The van der Waals surface area contributed by atoms with Gasteiger partial charge in [0.05, 0.1) is 4.92 Å². The van der Waals surface area contributed by atoms with Crippen LogP contribution in [0.25, 0.3) is 0 Å². The van der Waals surface area contributed by atoms with E-state index in [2.05, 4.69) is 27.1 Å². The Bertz CT molecular complexity index is 714. The summed E-state index contributed by atoms with van der Waals surface area (Å²) in [6, 6.07) is 9.07. The average Bonchev–Trinajstić information content (AvgIpc) is 2.62. The number of rotatable bonds is 5. The van der Waals surface area contributed by atoms with Crippen LogP contribution in [-0.2, 0) is 6.42 Å². The number of nitrogens with one attached hydrogen (secondary N) is 1. The zero-order valence-electron chi connectivity index (χ0n) is 13.7. The van der Waals surface area contributed by atoms with Crippen LogP contribution in [0.2, 0.25) is 0 Å². The van der Waals surface area contributed by atoms with Crippen molar-refractivity contribution in [2.45, 2.75) is 32.2 Å². The summed E-state index contributed by atoms with van der Waals surface area (Å²) < 4.78 is 0. The molecule has 1 fully saturated rings. The minimum atomic E-state index is -0.343. The monoisotopic (exact) mass is 327 g/mol. The highest BCUT2D eigenvalue weighted by Crippen LogP contribution is 2.27. The van der Waals surface area contributed by atoms with E-state index in [0.29, 0.717) is 5.69 Å². The molecule has 0 aliphatic carbocycles. The smallest absolute Gasteiger partial charge is 0.292 e. The zero-order valence-corrected chi connectivity index (χ0v) is 13.7. The van der Waals surface area contributed by atoms with Crippen LogP contribution in [0.1, 0.15) is 25.5 Å². The molecule has 2 heterocycles. The summed E-state index contributed by atoms with van der Waals surface area (Å²) in [6.07, 6.45) is 4.34. The number of nitro groups is 1. The van der Waals surface area contributed by atoms with Crippen molar-refractivity contribution in [3.63, 3.8) is 0 Å². The lowest BCUT2D eigenvalue weighted by Crippen LogP contribution is -2.39. The number of nitrogens with zero attached hydrogens (tertiary/aromatic N) is 4. The molecule has 1 aromatic heterocycles. The van der Waals surface area contributed by atoms with E-state index in [1.54, 1.807) is 18.5 Å². The van der Waals surface area contributed by atoms with E-state index < -0.39 is 0 Å². The molecule has 0 radical (unpaired) electrons. The quantitative estimate of drug-likeness (QED) is 0.671. The van der Waals surface area contributed by atoms with Gasteiger partial charge in [-0.05, 0) is 25.3 Å². The molecule has 0 amide bonds. The second-order valence-corrected chi connectivity index (χ2v) is 5.90. The van der Waals surface area contributed by atoms with Crippen LogP contribution < -0.4 is 10.2 Å². The van der Waals surface area contributed by atoms with Crippen molar-refractivity contribution >= 4 is 17.2 Å². The van der Waals surface area contributed by atoms with Gasteiger partial charge in [0.25, 0.3) is 5.69 Å². The van der Waals surface area contributed by atoms with E-state index in [1.807, 2.05) is 12.1 Å². The fourth-order valence-electron chi connectivity index (χ4n) is 2.98. The zero-order chi connectivity index (χ0) is 16.9. The van der Waals surface area contributed by atoms with E-state index in [1.165, 1.54) is 6.07 Å². The number of aryl methyl sites for hydroxylation is 1. The van der Waals surface area contributed by atoms with Gasteiger partial charge in [-0.3, -0.25) is 10.1 Å². The predicted molar refractivity (Wildman–Crippen MR) is 93.4 cm³/mol. The molecule has 1 aliphatic rings. The molecule has 1 N–H and O–H groups in total. The molecule has 24 heavy (non-hydrogen) atoms. The first-order valence-corrected chi connectivity index (χ1v) is 8.23. The SMILES string of the molecule is CCc1cc(N2CCC(Nc3ccccc3[N+](=O)[O-])CC2)ncn1. The van der Waals surface area contributed by atoms with Crippen molar-refractivity contribution in [2.75, 3.05) is 23.3 Å². The lowest BCUT2D eigenvalue weighted by molar-refractivity contribution is -0.384. The first kappa shape index (κ1) is 16.2. The summed E-state index contributed by atoms with van der Waals surface area (Å²) in [6.45, 7) is 3.83. The molecule has 0 unspecified atom stereocenters. The Hall–Kier alpha value is -2.70. The van der Waals surface area contributed by atoms with Crippen LogP contribution in [0.5, 0.6) is 0 Å². The van der Waals surface area contributed by atoms with Crippen LogP contribution in [0.4, 0.5) is 17.2 Å². The molecule has 126 valence electrons. The van der Waals surface area contributed by atoms with Crippen molar-refractivity contribution in [3.05, 3.63) is 52.5 Å². The summed E-state index contributed by atoms with van der Waals surface area (Å²) in [5.74, 6) is 0.964. The van der Waals surface area contributed by atoms with Gasteiger partial charge < -0.3 is 10.2 Å². The molecule has 0 bridgehead atoms. The summed E-state index contributed by atoms with van der Waals surface area (Å²) in [5.41, 5.74) is 1.76. The second-order valence-electron chi connectivity index (χ2n) is 5.90. The van der Waals surface area contributed by atoms with Crippen molar-refractivity contribution in [1.29, 1.82) is 0 Å². The lowest BCUT2D eigenvalue weighted by atomic mass is 10.0. The van der Waals surface area contributed by atoms with Gasteiger partial charge in [-0.25, -0.2) is 9.97 Å². The number of piperidine rings is 1. The molecule has 0 atom stereocenters. The molecule has 1 saturated heterocycles. The van der Waals surface area contributed by atoms with Crippen LogP contribution in [0.3, 0.4) is 0 Å². The molecule has 2 aromatic rings. The molecule has 3 rings (SSSR count). The Morgan fingerprint density at radius 1 is 1.29 bits per heavy atom. The summed E-state index contributed by atoms with van der Waals surface area (Å²) in [7, 11) is 0. The third-order valence-electron chi connectivity index (χ3n) is 4.35. The minimum absolute atomic E-state index is 0.128. The maximum Gasteiger partial charge on any atom is 0.292 e. The lowest BCUT2D eigenvalue weighted by Gasteiger charge is -2.33. The van der Waals surface area contributed by atoms with Crippen molar-refractivity contribution in [3.8, 4) is 0 Å². The van der Waals surface area contributed by atoms with Gasteiger partial charge in [-0.1, -0.05) is 19.1 Å². The summed E-state index contributed by atoms with van der Waals surface area (Å²) in [5, 5.41) is 14.4. The number of para-hydroxylation sites is 2. The molecule has 7 heteroatoms. The van der Waals surface area contributed by atoms with Gasteiger partial charge in [0.15, 0.2) is 0 Å². The Morgan fingerprint density at radius 3 is 2.75 bits per heavy atom. The highest BCUT2D eigenvalue weighted by molar-refractivity contribution is 5.61. The molecule has 1 aliphatic heterocycles. The van der Waals surface area contributed by atoms with Crippen LogP contribution >= 0.6 is 0 Å². The van der Waals surface area contributed by atoms with Gasteiger partial charge in [-0.15, -0.1) is 0 Å². The van der Waals surface area contributed by atoms with Crippen LogP contribution in [-0.4, -0.2) is 34.0 Å². The molecule has 0 spiro atoms. The molecular formula is C17H21N5O2. The van der Waals surface area contributed by atoms with Crippen LogP contribution in [0, 0.1) is 10.1 Å². The fourth-order valence-corrected chi connectivity index (χ4v) is 2.98. The van der Waals surface area contributed by atoms with Crippen molar-refractivity contribution < 1.29 is 4.92 Å². The van der Waals surface area contributed by atoms with Crippen molar-refractivity contribution in [1.82, 2.24) is 9.97 Å². The maximum absolute atomic E-state index is 11.1. The third kappa shape index (κ3) is 3.61. The maximum atomic E-state index is 11.1. The van der Waals surface area contributed by atoms with E-state index >= 15 is 0 Å². The number of hydrogen-bond donors (Lipinski definition) is 1. The Morgan fingerprint density at radius 2 is 2.04 bits per heavy atom. The van der Waals surface area contributed by atoms with Gasteiger partial charge >= 0.3 is 0 Å². The number of benzene rings is 1. The van der Waals surface area contributed by atoms with Gasteiger partial charge in [0.2, 0.25) is 0 Å². The Kier molecular flexibility index (Phi) is 4.88. The molecular weight excluding hydrogens is 306 g/mol. The van der Waals surface area contributed by atoms with Gasteiger partial charge in [0, 0.05) is 37.0 Å². The van der Waals surface area contributed by atoms with E-state index in [-0.39, 0.29) is 16.7 Å². The number of nitro benzene ring substituents is 1. The van der Waals surface area contributed by atoms with Crippen molar-refractivity contribution in [2.24, 2.45) is 0 Å². The predicted octanol–water partition coefficient (Wildman–Crippen LogP) is 3.03. The average molecular weight is 327 g/mol. The second kappa shape index (κ2) is 7.25. The molecule has 1 aromatic carbocycles.